The molecular formula is C15H33N3O2S. The van der Waals surface area contributed by atoms with Gasteiger partial charge in [-0.05, 0) is 40.5 Å². The smallest absolute Gasteiger partial charge is 0.279 e. The van der Waals surface area contributed by atoms with Crippen LogP contribution in [0.4, 0.5) is 0 Å². The second-order valence-corrected chi connectivity index (χ2v) is 8.45. The average Bonchev–Trinajstić information content (AvgIpc) is 2.42. The Morgan fingerprint density at radius 3 is 2.05 bits per heavy atom. The Balaban J connectivity index is 2.48. The summed E-state index contributed by atoms with van der Waals surface area (Å²) in [4.78, 5) is 2.29. The molecule has 0 heterocycles. The molecule has 0 atom stereocenters. The predicted molar refractivity (Wildman–Crippen MR) is 88.5 cm³/mol. The van der Waals surface area contributed by atoms with Crippen molar-refractivity contribution in [1.82, 2.24) is 13.9 Å². The van der Waals surface area contributed by atoms with Crippen LogP contribution in [0.15, 0.2) is 0 Å². The predicted octanol–water partition coefficient (Wildman–Crippen LogP) is 2.20. The van der Waals surface area contributed by atoms with Gasteiger partial charge >= 0.3 is 0 Å². The summed E-state index contributed by atoms with van der Waals surface area (Å²) >= 11 is 0. The van der Waals surface area contributed by atoms with E-state index >= 15 is 0 Å². The first-order valence-electron chi connectivity index (χ1n) is 8.24. The van der Waals surface area contributed by atoms with Gasteiger partial charge in [0.2, 0.25) is 0 Å². The minimum Gasteiger partial charge on any atom is -0.297 e. The Bertz CT molecular complexity index is 382. The molecule has 0 aromatic rings. The summed E-state index contributed by atoms with van der Waals surface area (Å²) in [5, 5.41) is 0. The van der Waals surface area contributed by atoms with Crippen LogP contribution in [0.3, 0.4) is 0 Å². The normalized spacial score (nSPS) is 18.3. The minimum atomic E-state index is -3.35. The van der Waals surface area contributed by atoms with Crippen molar-refractivity contribution in [3.8, 4) is 0 Å². The number of nitrogens with one attached hydrogen (secondary N) is 1. The van der Waals surface area contributed by atoms with E-state index in [1.165, 1.54) is 6.42 Å². The van der Waals surface area contributed by atoms with Crippen molar-refractivity contribution < 1.29 is 8.42 Å². The molecule has 1 saturated carbocycles. The van der Waals surface area contributed by atoms with E-state index in [9.17, 15) is 8.42 Å². The minimum absolute atomic E-state index is 0.169. The van der Waals surface area contributed by atoms with Crippen LogP contribution >= 0.6 is 0 Å². The van der Waals surface area contributed by atoms with Crippen LogP contribution in [0, 0.1) is 0 Å². The third-order valence-corrected chi connectivity index (χ3v) is 6.07. The van der Waals surface area contributed by atoms with Crippen LogP contribution in [-0.4, -0.2) is 55.9 Å². The summed E-state index contributed by atoms with van der Waals surface area (Å²) in [6, 6.07) is 1.01. The number of nitrogens with zero attached hydrogens (tertiary/aromatic N) is 2. The largest absolute Gasteiger partial charge is 0.297 e. The second kappa shape index (κ2) is 8.46. The molecule has 0 radical (unpaired) electrons. The molecule has 21 heavy (non-hydrogen) atoms. The highest BCUT2D eigenvalue weighted by Gasteiger charge is 2.27. The van der Waals surface area contributed by atoms with Gasteiger partial charge in [-0.1, -0.05) is 19.3 Å². The quantitative estimate of drug-likeness (QED) is 0.746. The summed E-state index contributed by atoms with van der Waals surface area (Å²) in [5.41, 5.74) is 0. The van der Waals surface area contributed by atoms with E-state index < -0.39 is 10.2 Å². The monoisotopic (exact) mass is 319 g/mol. The van der Waals surface area contributed by atoms with Crippen molar-refractivity contribution in [3.63, 3.8) is 0 Å². The van der Waals surface area contributed by atoms with Gasteiger partial charge < -0.3 is 0 Å². The van der Waals surface area contributed by atoms with E-state index in [-0.39, 0.29) is 6.04 Å². The SMILES string of the molecule is CC(C)N(CCNS(=O)(=O)N(C)C1CCCCC1)C(C)C. The van der Waals surface area contributed by atoms with E-state index in [1.807, 2.05) is 0 Å². The Kier molecular flexibility index (Phi) is 7.60. The summed E-state index contributed by atoms with van der Waals surface area (Å²) in [6.45, 7) is 9.78. The Hall–Kier alpha value is -0.170. The molecule has 0 aliphatic heterocycles. The standard InChI is InChI=1S/C15H33N3O2S/c1-13(2)18(14(3)4)12-11-16-21(19,20)17(5)15-9-7-6-8-10-15/h13-16H,6-12H2,1-5H3. The molecule has 1 fully saturated rings. The molecular weight excluding hydrogens is 286 g/mol. The summed E-state index contributed by atoms with van der Waals surface area (Å²) in [6.07, 6.45) is 5.48. The summed E-state index contributed by atoms with van der Waals surface area (Å²) in [5.74, 6) is 0. The van der Waals surface area contributed by atoms with E-state index in [0.29, 0.717) is 18.6 Å². The third kappa shape index (κ3) is 5.85. The maximum Gasteiger partial charge on any atom is 0.279 e. The molecule has 0 spiro atoms. The Morgan fingerprint density at radius 2 is 1.57 bits per heavy atom. The van der Waals surface area contributed by atoms with Crippen molar-refractivity contribution >= 4 is 10.2 Å². The van der Waals surface area contributed by atoms with Crippen LogP contribution in [-0.2, 0) is 10.2 Å². The van der Waals surface area contributed by atoms with Gasteiger partial charge in [0.15, 0.2) is 0 Å². The second-order valence-electron chi connectivity index (χ2n) is 6.63. The zero-order chi connectivity index (χ0) is 16.0. The topological polar surface area (TPSA) is 52.7 Å². The molecule has 1 aliphatic carbocycles. The molecule has 1 aliphatic rings. The van der Waals surface area contributed by atoms with Gasteiger partial charge in [0.1, 0.15) is 0 Å². The first-order chi connectivity index (χ1) is 9.75. The molecule has 126 valence electrons. The lowest BCUT2D eigenvalue weighted by molar-refractivity contribution is 0.178. The van der Waals surface area contributed by atoms with Gasteiger partial charge in [0, 0.05) is 38.3 Å². The van der Waals surface area contributed by atoms with Crippen molar-refractivity contribution in [2.75, 3.05) is 20.1 Å². The van der Waals surface area contributed by atoms with Crippen LogP contribution < -0.4 is 4.72 Å². The van der Waals surface area contributed by atoms with Crippen molar-refractivity contribution in [1.29, 1.82) is 0 Å². The zero-order valence-electron chi connectivity index (χ0n) is 14.3. The lowest BCUT2D eigenvalue weighted by Crippen LogP contribution is -2.48. The molecule has 6 heteroatoms. The van der Waals surface area contributed by atoms with Crippen molar-refractivity contribution in [3.05, 3.63) is 0 Å². The van der Waals surface area contributed by atoms with Crippen LogP contribution in [0.25, 0.3) is 0 Å². The highest BCUT2D eigenvalue weighted by atomic mass is 32.2. The van der Waals surface area contributed by atoms with Gasteiger partial charge in [0.25, 0.3) is 10.2 Å². The molecule has 1 rings (SSSR count). The van der Waals surface area contributed by atoms with Crippen LogP contribution in [0.2, 0.25) is 0 Å². The van der Waals surface area contributed by atoms with Gasteiger partial charge in [-0.3, -0.25) is 4.90 Å². The number of rotatable bonds is 8. The van der Waals surface area contributed by atoms with Crippen LogP contribution in [0.1, 0.15) is 59.8 Å². The Labute approximate surface area is 131 Å². The van der Waals surface area contributed by atoms with Crippen molar-refractivity contribution in [2.45, 2.75) is 77.9 Å². The van der Waals surface area contributed by atoms with Gasteiger partial charge in [0.05, 0.1) is 0 Å². The highest BCUT2D eigenvalue weighted by molar-refractivity contribution is 7.87. The first kappa shape index (κ1) is 18.9. The maximum absolute atomic E-state index is 12.3. The molecule has 0 bridgehead atoms. The molecule has 5 nitrogen and oxygen atoms in total. The molecule has 0 unspecified atom stereocenters. The zero-order valence-corrected chi connectivity index (χ0v) is 15.1. The van der Waals surface area contributed by atoms with Gasteiger partial charge in [-0.25, -0.2) is 4.72 Å². The van der Waals surface area contributed by atoms with Crippen molar-refractivity contribution in [2.24, 2.45) is 0 Å². The third-order valence-electron chi connectivity index (χ3n) is 4.45. The lowest BCUT2D eigenvalue weighted by Gasteiger charge is -2.32. The fourth-order valence-electron chi connectivity index (χ4n) is 3.16. The van der Waals surface area contributed by atoms with E-state index in [1.54, 1.807) is 11.4 Å². The molecule has 0 amide bonds. The number of hydrogen-bond acceptors (Lipinski definition) is 3. The fourth-order valence-corrected chi connectivity index (χ4v) is 4.32. The summed E-state index contributed by atoms with van der Waals surface area (Å²) in [7, 11) is -1.64. The molecule has 0 aromatic heterocycles. The van der Waals surface area contributed by atoms with Gasteiger partial charge in [-0.15, -0.1) is 0 Å². The van der Waals surface area contributed by atoms with Crippen LogP contribution in [0.5, 0.6) is 0 Å². The first-order valence-corrected chi connectivity index (χ1v) is 9.68. The lowest BCUT2D eigenvalue weighted by atomic mass is 9.96. The van der Waals surface area contributed by atoms with Gasteiger partial charge in [-0.2, -0.15) is 12.7 Å². The number of hydrogen-bond donors (Lipinski definition) is 1. The molecule has 0 aromatic carbocycles. The Morgan fingerprint density at radius 1 is 1.05 bits per heavy atom. The fraction of sp³-hybridized carbons (Fsp3) is 1.00. The maximum atomic E-state index is 12.3. The summed E-state index contributed by atoms with van der Waals surface area (Å²) < 4.78 is 29.0. The van der Waals surface area contributed by atoms with E-state index in [2.05, 4.69) is 37.3 Å². The average molecular weight is 320 g/mol. The van der Waals surface area contributed by atoms with E-state index in [4.69, 9.17) is 0 Å². The molecule has 0 saturated heterocycles. The molecule has 1 N–H and O–H groups in total. The van der Waals surface area contributed by atoms with E-state index in [0.717, 1.165) is 32.2 Å². The highest BCUT2D eigenvalue weighted by Crippen LogP contribution is 2.22.